The number of benzene rings is 2. The minimum Gasteiger partial charge on any atom is -0.508 e. The number of carbonyl (C=O) groups is 1. The van der Waals surface area contributed by atoms with Gasteiger partial charge in [-0.1, -0.05) is 94.2 Å². The molecule has 0 unspecified atom stereocenters. The number of phenolic OH excluding ortho intramolecular Hbond substituents is 1. The van der Waals surface area contributed by atoms with E-state index in [9.17, 15) is 9.90 Å². The molecule has 0 aromatic heterocycles. The van der Waals surface area contributed by atoms with Gasteiger partial charge in [-0.2, -0.15) is 0 Å². The lowest BCUT2D eigenvalue weighted by atomic mass is 9.67. The van der Waals surface area contributed by atoms with Crippen molar-refractivity contribution in [1.82, 2.24) is 0 Å². The van der Waals surface area contributed by atoms with Crippen molar-refractivity contribution in [1.29, 1.82) is 0 Å². The monoisotopic (exact) mass is 414 g/mol. The number of hydrogen-bond donors (Lipinski definition) is 1. The molecule has 2 aromatic carbocycles. The molecular weight excluding hydrogens is 384 g/mol. The molecule has 0 spiro atoms. The van der Waals surface area contributed by atoms with Crippen molar-refractivity contribution in [2.45, 2.75) is 76.0 Å². The Morgan fingerprint density at radius 1 is 0.759 bits per heavy atom. The van der Waals surface area contributed by atoms with Crippen LogP contribution in [0.2, 0.25) is 0 Å². The van der Waals surface area contributed by atoms with Gasteiger partial charge in [-0.15, -0.1) is 0 Å². The van der Waals surface area contributed by atoms with E-state index in [0.717, 1.165) is 36.8 Å². The van der Waals surface area contributed by atoms with Gasteiger partial charge in [0, 0.05) is 28.1 Å². The van der Waals surface area contributed by atoms with Crippen LogP contribution >= 0.6 is 11.6 Å². The summed E-state index contributed by atoms with van der Waals surface area (Å²) < 4.78 is 5.40. The SMILES string of the molecule is O=C(Cl)Oc1ccccc1C1(c2ccccc2O)CCCCCCCCCCC1. The van der Waals surface area contributed by atoms with E-state index in [1.54, 1.807) is 12.1 Å². The van der Waals surface area contributed by atoms with E-state index < -0.39 is 10.8 Å². The number of phenols is 1. The largest absolute Gasteiger partial charge is 0.508 e. The molecule has 29 heavy (non-hydrogen) atoms. The highest BCUT2D eigenvalue weighted by molar-refractivity contribution is 6.61. The van der Waals surface area contributed by atoms with Gasteiger partial charge < -0.3 is 9.84 Å². The molecule has 0 heterocycles. The van der Waals surface area contributed by atoms with Crippen molar-refractivity contribution < 1.29 is 14.6 Å². The first kappa shape index (κ1) is 21.7. The Kier molecular flexibility index (Phi) is 8.00. The van der Waals surface area contributed by atoms with Crippen LogP contribution in [-0.2, 0) is 5.41 Å². The third-order valence-corrected chi connectivity index (χ3v) is 6.30. The summed E-state index contributed by atoms with van der Waals surface area (Å²) in [5, 5.41) is 10.8. The second-order valence-corrected chi connectivity index (χ2v) is 8.43. The lowest BCUT2D eigenvalue weighted by Gasteiger charge is -2.37. The summed E-state index contributed by atoms with van der Waals surface area (Å²) in [6.07, 6.45) is 12.7. The first-order valence-electron chi connectivity index (χ1n) is 10.9. The highest BCUT2D eigenvalue weighted by atomic mass is 35.5. The third-order valence-electron chi connectivity index (χ3n) is 6.22. The molecule has 0 saturated heterocycles. The fourth-order valence-electron chi connectivity index (χ4n) is 4.82. The molecule has 2 aromatic rings. The van der Waals surface area contributed by atoms with Gasteiger partial charge in [0.15, 0.2) is 0 Å². The van der Waals surface area contributed by atoms with Gasteiger partial charge in [0.25, 0.3) is 0 Å². The molecule has 1 aliphatic rings. The first-order valence-corrected chi connectivity index (χ1v) is 11.3. The zero-order valence-electron chi connectivity index (χ0n) is 17.0. The Bertz CT molecular complexity index is 790. The molecule has 1 N–H and O–H groups in total. The molecule has 1 saturated carbocycles. The molecule has 0 radical (unpaired) electrons. The Morgan fingerprint density at radius 2 is 1.24 bits per heavy atom. The minimum atomic E-state index is -0.835. The summed E-state index contributed by atoms with van der Waals surface area (Å²) in [7, 11) is 0. The maximum absolute atomic E-state index is 11.6. The van der Waals surface area contributed by atoms with E-state index in [-0.39, 0.29) is 0 Å². The van der Waals surface area contributed by atoms with Crippen LogP contribution in [0.4, 0.5) is 4.79 Å². The molecule has 4 heteroatoms. The van der Waals surface area contributed by atoms with E-state index in [1.807, 2.05) is 36.4 Å². The third kappa shape index (κ3) is 5.54. The van der Waals surface area contributed by atoms with Gasteiger partial charge in [-0.05, 0) is 25.0 Å². The van der Waals surface area contributed by atoms with Gasteiger partial charge >= 0.3 is 5.43 Å². The van der Waals surface area contributed by atoms with Gasteiger partial charge in [0.2, 0.25) is 0 Å². The smallest absolute Gasteiger partial charge is 0.409 e. The molecule has 3 nitrogen and oxygen atoms in total. The average Bonchev–Trinajstić information content (AvgIpc) is 2.70. The van der Waals surface area contributed by atoms with Crippen LogP contribution in [0.1, 0.15) is 81.8 Å². The maximum atomic E-state index is 11.6. The highest BCUT2D eigenvalue weighted by Crippen LogP contribution is 2.48. The number of carbonyl (C=O) groups excluding carboxylic acids is 1. The summed E-state index contributed by atoms with van der Waals surface area (Å²) in [6.45, 7) is 0. The summed E-state index contributed by atoms with van der Waals surface area (Å²) in [4.78, 5) is 11.6. The van der Waals surface area contributed by atoms with E-state index in [2.05, 4.69) is 0 Å². The van der Waals surface area contributed by atoms with Crippen LogP contribution in [0, 0.1) is 0 Å². The number of halogens is 1. The van der Waals surface area contributed by atoms with Crippen LogP contribution in [-0.4, -0.2) is 10.5 Å². The number of ether oxygens (including phenoxy) is 1. The maximum Gasteiger partial charge on any atom is 0.409 e. The van der Waals surface area contributed by atoms with Crippen LogP contribution in [0.25, 0.3) is 0 Å². The lowest BCUT2D eigenvalue weighted by Crippen LogP contribution is -2.29. The van der Waals surface area contributed by atoms with E-state index >= 15 is 0 Å². The topological polar surface area (TPSA) is 46.5 Å². The molecule has 1 aliphatic carbocycles. The van der Waals surface area contributed by atoms with Gasteiger partial charge in [0.05, 0.1) is 0 Å². The van der Waals surface area contributed by atoms with E-state index in [0.29, 0.717) is 11.5 Å². The van der Waals surface area contributed by atoms with Crippen molar-refractivity contribution in [3.05, 3.63) is 59.7 Å². The Morgan fingerprint density at radius 3 is 1.79 bits per heavy atom. The Hall–Kier alpha value is -2.00. The van der Waals surface area contributed by atoms with Crippen LogP contribution < -0.4 is 4.74 Å². The minimum absolute atomic E-state index is 0.298. The zero-order chi connectivity index (χ0) is 20.5. The molecule has 1 fully saturated rings. The second-order valence-electron chi connectivity index (χ2n) is 8.12. The fourth-order valence-corrected chi connectivity index (χ4v) is 4.90. The van der Waals surface area contributed by atoms with Crippen molar-refractivity contribution in [2.75, 3.05) is 0 Å². The lowest BCUT2D eigenvalue weighted by molar-refractivity contribution is 0.224. The normalized spacial score (nSPS) is 18.2. The van der Waals surface area contributed by atoms with Crippen molar-refractivity contribution in [3.8, 4) is 11.5 Å². The van der Waals surface area contributed by atoms with Crippen LogP contribution in [0.15, 0.2) is 48.5 Å². The number of rotatable bonds is 3. The molecular formula is C25H31ClO3. The van der Waals surface area contributed by atoms with Gasteiger partial charge in [-0.25, -0.2) is 4.79 Å². The molecule has 0 atom stereocenters. The van der Waals surface area contributed by atoms with Crippen molar-refractivity contribution >= 4 is 17.0 Å². The van der Waals surface area contributed by atoms with Crippen LogP contribution in [0.3, 0.4) is 0 Å². The average molecular weight is 415 g/mol. The van der Waals surface area contributed by atoms with Gasteiger partial charge in [0.1, 0.15) is 11.5 Å². The molecule has 0 bridgehead atoms. The number of aromatic hydroxyl groups is 1. The van der Waals surface area contributed by atoms with Crippen molar-refractivity contribution in [3.63, 3.8) is 0 Å². The summed E-state index contributed by atoms with van der Waals surface area (Å²) in [6, 6.07) is 15.2. The Labute approximate surface area is 179 Å². The molecule has 3 rings (SSSR count). The Balaban J connectivity index is 2.10. The molecule has 156 valence electrons. The highest BCUT2D eigenvalue weighted by Gasteiger charge is 2.38. The molecule has 0 aliphatic heterocycles. The molecule has 0 amide bonds. The predicted molar refractivity (Wildman–Crippen MR) is 118 cm³/mol. The number of hydrogen-bond acceptors (Lipinski definition) is 3. The van der Waals surface area contributed by atoms with Crippen LogP contribution in [0.5, 0.6) is 11.5 Å². The summed E-state index contributed by atoms with van der Waals surface area (Å²) in [5.74, 6) is 0.787. The predicted octanol–water partition coefficient (Wildman–Crippen LogP) is 7.72. The van der Waals surface area contributed by atoms with E-state index in [4.69, 9.17) is 16.3 Å². The summed E-state index contributed by atoms with van der Waals surface area (Å²) >= 11 is 5.58. The quantitative estimate of drug-likeness (QED) is 0.523. The zero-order valence-corrected chi connectivity index (χ0v) is 17.8. The summed E-state index contributed by atoms with van der Waals surface area (Å²) in [5.41, 5.74) is 0.605. The number of para-hydroxylation sites is 2. The van der Waals surface area contributed by atoms with Crippen molar-refractivity contribution in [2.24, 2.45) is 0 Å². The standard InChI is InChI=1S/C25H31ClO3/c26-24(28)29-23-17-11-9-15-21(23)25(20-14-8-10-16-22(20)27)18-12-6-4-2-1-3-5-7-13-19-25/h8-11,14-17,27H,1-7,12-13,18-19H2. The van der Waals surface area contributed by atoms with E-state index in [1.165, 1.54) is 44.9 Å². The van der Waals surface area contributed by atoms with Gasteiger partial charge in [-0.3, -0.25) is 0 Å². The second kappa shape index (κ2) is 10.7. The fraction of sp³-hybridized carbons (Fsp3) is 0.480. The first-order chi connectivity index (χ1) is 14.1.